The van der Waals surface area contributed by atoms with E-state index in [4.69, 9.17) is 0 Å². The van der Waals surface area contributed by atoms with E-state index >= 15 is 0 Å². The second-order valence-electron chi connectivity index (χ2n) is 4.89. The number of rotatable bonds is 7. The van der Waals surface area contributed by atoms with Gasteiger partial charge < -0.3 is 5.11 Å². The van der Waals surface area contributed by atoms with Gasteiger partial charge in [-0.05, 0) is 48.9 Å². The highest BCUT2D eigenvalue weighted by atomic mass is 79.9. The molecule has 1 aromatic rings. The molecule has 0 aromatic heterocycles. The van der Waals surface area contributed by atoms with Gasteiger partial charge in [0.05, 0.1) is 6.10 Å². The Morgan fingerprint density at radius 1 is 1.17 bits per heavy atom. The monoisotopic (exact) mass is 316 g/mol. The standard InChI is InChI=1S/C15H22BrFO/c1-3-5-12(6-4-2)15(18)9-11-7-13(16)10-14(17)8-11/h7-8,10,12,15,18H,3-6,9H2,1-2H3. The van der Waals surface area contributed by atoms with Crippen molar-refractivity contribution in [3.63, 3.8) is 0 Å². The first-order valence-electron chi connectivity index (χ1n) is 6.69. The molecule has 1 aromatic carbocycles. The molecule has 0 heterocycles. The molecule has 102 valence electrons. The first-order valence-corrected chi connectivity index (χ1v) is 7.49. The summed E-state index contributed by atoms with van der Waals surface area (Å²) in [4.78, 5) is 0. The van der Waals surface area contributed by atoms with Crippen LogP contribution in [0.4, 0.5) is 4.39 Å². The molecule has 0 spiro atoms. The molecule has 1 N–H and O–H groups in total. The Labute approximate surface area is 118 Å². The average Bonchev–Trinajstić information content (AvgIpc) is 2.27. The predicted octanol–water partition coefficient (Wildman–Crippen LogP) is 4.71. The largest absolute Gasteiger partial charge is 0.392 e. The summed E-state index contributed by atoms with van der Waals surface area (Å²) < 4.78 is 14.0. The molecule has 0 saturated heterocycles. The van der Waals surface area contributed by atoms with Gasteiger partial charge in [-0.2, -0.15) is 0 Å². The van der Waals surface area contributed by atoms with E-state index in [-0.39, 0.29) is 11.9 Å². The van der Waals surface area contributed by atoms with Crippen molar-refractivity contribution < 1.29 is 9.50 Å². The van der Waals surface area contributed by atoms with Gasteiger partial charge in [-0.1, -0.05) is 42.6 Å². The van der Waals surface area contributed by atoms with E-state index in [0.717, 1.165) is 35.7 Å². The lowest BCUT2D eigenvalue weighted by Gasteiger charge is -2.22. The van der Waals surface area contributed by atoms with E-state index in [1.807, 2.05) is 6.07 Å². The molecule has 0 aliphatic rings. The lowest BCUT2D eigenvalue weighted by Crippen LogP contribution is -2.23. The SMILES string of the molecule is CCCC(CCC)C(O)Cc1cc(F)cc(Br)c1. The number of halogens is 2. The van der Waals surface area contributed by atoms with Gasteiger partial charge >= 0.3 is 0 Å². The summed E-state index contributed by atoms with van der Waals surface area (Å²) in [5, 5.41) is 10.3. The first kappa shape index (κ1) is 15.6. The lowest BCUT2D eigenvalue weighted by atomic mass is 9.89. The fourth-order valence-corrected chi connectivity index (χ4v) is 2.92. The molecule has 0 fully saturated rings. The minimum Gasteiger partial charge on any atom is -0.392 e. The molecule has 0 radical (unpaired) electrons. The third kappa shape index (κ3) is 5.07. The summed E-state index contributed by atoms with van der Waals surface area (Å²) >= 11 is 3.28. The molecule has 0 aliphatic carbocycles. The minimum atomic E-state index is -0.376. The van der Waals surface area contributed by atoms with Gasteiger partial charge in [0.15, 0.2) is 0 Å². The normalized spacial score (nSPS) is 13.0. The average molecular weight is 317 g/mol. The topological polar surface area (TPSA) is 20.2 Å². The Kier molecular flexibility index (Phi) is 6.87. The van der Waals surface area contributed by atoms with E-state index < -0.39 is 0 Å². The fourth-order valence-electron chi connectivity index (χ4n) is 2.41. The van der Waals surface area contributed by atoms with Crippen molar-refractivity contribution in [1.82, 2.24) is 0 Å². The van der Waals surface area contributed by atoms with Crippen molar-refractivity contribution in [2.24, 2.45) is 5.92 Å². The highest BCUT2D eigenvalue weighted by Crippen LogP contribution is 2.23. The summed E-state index contributed by atoms with van der Waals surface area (Å²) in [6.07, 6.45) is 4.37. The van der Waals surface area contributed by atoms with Crippen molar-refractivity contribution in [1.29, 1.82) is 0 Å². The van der Waals surface area contributed by atoms with Gasteiger partial charge in [0.1, 0.15) is 5.82 Å². The van der Waals surface area contributed by atoms with Crippen LogP contribution in [0, 0.1) is 11.7 Å². The van der Waals surface area contributed by atoms with Crippen LogP contribution in [0.1, 0.15) is 45.1 Å². The summed E-state index contributed by atoms with van der Waals surface area (Å²) in [6.45, 7) is 4.27. The number of aliphatic hydroxyl groups excluding tert-OH is 1. The third-order valence-corrected chi connectivity index (χ3v) is 3.69. The van der Waals surface area contributed by atoms with E-state index in [2.05, 4.69) is 29.8 Å². The predicted molar refractivity (Wildman–Crippen MR) is 77.1 cm³/mol. The van der Waals surface area contributed by atoms with Crippen molar-refractivity contribution in [3.8, 4) is 0 Å². The zero-order valence-corrected chi connectivity index (χ0v) is 12.7. The molecule has 1 atom stereocenters. The van der Waals surface area contributed by atoms with E-state index in [1.54, 1.807) is 0 Å². The van der Waals surface area contributed by atoms with Gasteiger partial charge in [-0.15, -0.1) is 0 Å². The second-order valence-corrected chi connectivity index (χ2v) is 5.80. The molecule has 1 unspecified atom stereocenters. The summed E-state index contributed by atoms with van der Waals surface area (Å²) in [5.41, 5.74) is 0.853. The summed E-state index contributed by atoms with van der Waals surface area (Å²) in [6, 6.07) is 4.82. The van der Waals surface area contributed by atoms with E-state index in [0.29, 0.717) is 12.3 Å². The maximum Gasteiger partial charge on any atom is 0.124 e. The Hall–Kier alpha value is -0.410. The Balaban J connectivity index is 2.68. The second kappa shape index (κ2) is 7.90. The van der Waals surface area contributed by atoms with Crippen LogP contribution in [-0.2, 0) is 6.42 Å². The third-order valence-electron chi connectivity index (χ3n) is 3.23. The molecule has 3 heteroatoms. The van der Waals surface area contributed by atoms with Gasteiger partial charge in [0.25, 0.3) is 0 Å². The van der Waals surface area contributed by atoms with Crippen molar-refractivity contribution in [2.75, 3.05) is 0 Å². The number of aliphatic hydroxyl groups is 1. The molecule has 0 aliphatic heterocycles. The molecule has 0 saturated carbocycles. The van der Waals surface area contributed by atoms with E-state index in [1.165, 1.54) is 12.1 Å². The van der Waals surface area contributed by atoms with Crippen LogP contribution in [0.3, 0.4) is 0 Å². The fraction of sp³-hybridized carbons (Fsp3) is 0.600. The first-order chi connectivity index (χ1) is 8.56. The van der Waals surface area contributed by atoms with Gasteiger partial charge in [-0.25, -0.2) is 4.39 Å². The lowest BCUT2D eigenvalue weighted by molar-refractivity contribution is 0.0963. The van der Waals surface area contributed by atoms with E-state index in [9.17, 15) is 9.50 Å². The Morgan fingerprint density at radius 3 is 2.28 bits per heavy atom. The van der Waals surface area contributed by atoms with Gasteiger partial charge in [0.2, 0.25) is 0 Å². The van der Waals surface area contributed by atoms with Crippen LogP contribution < -0.4 is 0 Å². The van der Waals surface area contributed by atoms with Crippen LogP contribution in [0.2, 0.25) is 0 Å². The quantitative estimate of drug-likeness (QED) is 0.772. The summed E-state index contributed by atoms with van der Waals surface area (Å²) in [5.74, 6) is 0.0659. The minimum absolute atomic E-state index is 0.255. The smallest absolute Gasteiger partial charge is 0.124 e. The maximum absolute atomic E-state index is 13.3. The van der Waals surface area contributed by atoms with Crippen molar-refractivity contribution in [3.05, 3.63) is 34.1 Å². The molecule has 1 rings (SSSR count). The van der Waals surface area contributed by atoms with Crippen LogP contribution >= 0.6 is 15.9 Å². The van der Waals surface area contributed by atoms with Crippen molar-refractivity contribution >= 4 is 15.9 Å². The molecular formula is C15H22BrFO. The zero-order valence-electron chi connectivity index (χ0n) is 11.1. The van der Waals surface area contributed by atoms with Crippen molar-refractivity contribution in [2.45, 2.75) is 52.1 Å². The van der Waals surface area contributed by atoms with Crippen LogP contribution in [-0.4, -0.2) is 11.2 Å². The number of hydrogen-bond acceptors (Lipinski definition) is 1. The van der Waals surface area contributed by atoms with Crippen LogP contribution in [0.5, 0.6) is 0 Å². The number of hydrogen-bond donors (Lipinski definition) is 1. The highest BCUT2D eigenvalue weighted by molar-refractivity contribution is 9.10. The Morgan fingerprint density at radius 2 is 1.78 bits per heavy atom. The number of benzene rings is 1. The van der Waals surface area contributed by atoms with Crippen LogP contribution in [0.15, 0.2) is 22.7 Å². The van der Waals surface area contributed by atoms with Crippen LogP contribution in [0.25, 0.3) is 0 Å². The molecule has 1 nitrogen and oxygen atoms in total. The molecule has 0 amide bonds. The zero-order chi connectivity index (χ0) is 13.5. The molecule has 0 bridgehead atoms. The van der Waals surface area contributed by atoms with Gasteiger partial charge in [0, 0.05) is 4.47 Å². The highest BCUT2D eigenvalue weighted by Gasteiger charge is 2.18. The van der Waals surface area contributed by atoms with Gasteiger partial charge in [-0.3, -0.25) is 0 Å². The Bertz CT molecular complexity index is 341. The summed E-state index contributed by atoms with van der Waals surface area (Å²) in [7, 11) is 0. The molecule has 18 heavy (non-hydrogen) atoms. The molecular weight excluding hydrogens is 295 g/mol. The maximum atomic E-state index is 13.3.